The Balaban J connectivity index is 1.69. The first-order valence-corrected chi connectivity index (χ1v) is 7.63. The summed E-state index contributed by atoms with van der Waals surface area (Å²) >= 11 is 0. The lowest BCUT2D eigenvalue weighted by Gasteiger charge is -2.05. The maximum absolute atomic E-state index is 14.0. The topological polar surface area (TPSA) is 64.2 Å². The number of allylic oxidation sites excluding steroid dienone is 1. The molecular weight excluding hydrogens is 326 g/mol. The average Bonchev–Trinajstić information content (AvgIpc) is 3.13. The van der Waals surface area contributed by atoms with E-state index < -0.39 is 12.0 Å². The van der Waals surface area contributed by atoms with E-state index in [1.807, 2.05) is 6.07 Å². The van der Waals surface area contributed by atoms with Crippen molar-refractivity contribution in [2.75, 3.05) is 0 Å². The van der Waals surface area contributed by atoms with Gasteiger partial charge in [-0.25, -0.2) is 8.78 Å². The summed E-state index contributed by atoms with van der Waals surface area (Å²) in [5.41, 5.74) is 2.31. The van der Waals surface area contributed by atoms with Crippen LogP contribution in [-0.2, 0) is 0 Å². The molecule has 0 saturated carbocycles. The molecule has 0 aliphatic carbocycles. The first-order valence-electron chi connectivity index (χ1n) is 7.63. The van der Waals surface area contributed by atoms with Crippen LogP contribution in [0, 0.1) is 5.82 Å². The second kappa shape index (κ2) is 6.35. The van der Waals surface area contributed by atoms with E-state index in [0.717, 1.165) is 5.56 Å². The van der Waals surface area contributed by atoms with E-state index in [9.17, 15) is 8.78 Å². The van der Waals surface area contributed by atoms with E-state index in [2.05, 4.69) is 20.1 Å². The van der Waals surface area contributed by atoms with Crippen molar-refractivity contribution >= 4 is 11.9 Å². The highest BCUT2D eigenvalue weighted by molar-refractivity contribution is 5.77. The molecule has 0 fully saturated rings. The second-order valence-corrected chi connectivity index (χ2v) is 5.51. The number of pyridine rings is 1. The zero-order valence-electron chi connectivity index (χ0n) is 12.9. The van der Waals surface area contributed by atoms with E-state index in [1.54, 1.807) is 30.6 Å². The van der Waals surface area contributed by atoms with Gasteiger partial charge in [-0.3, -0.25) is 9.98 Å². The Labute approximate surface area is 141 Å². The molecule has 1 aromatic carbocycles. The summed E-state index contributed by atoms with van der Waals surface area (Å²) in [5.74, 6) is -0.0188. The van der Waals surface area contributed by atoms with Crippen LogP contribution in [0.5, 0.6) is 0 Å². The SMILES string of the molecule is Fc1cc(-c2cccnc2)cc(-c2nc(C3=CCC(F)C=N3)no2)c1. The summed E-state index contributed by atoms with van der Waals surface area (Å²) in [5, 5.41) is 3.85. The zero-order chi connectivity index (χ0) is 17.2. The Kier molecular flexibility index (Phi) is 3.89. The van der Waals surface area contributed by atoms with Crippen molar-refractivity contribution in [2.24, 2.45) is 4.99 Å². The van der Waals surface area contributed by atoms with Crippen LogP contribution in [0.15, 0.2) is 58.3 Å². The molecule has 1 atom stereocenters. The van der Waals surface area contributed by atoms with Gasteiger partial charge in [0.25, 0.3) is 5.89 Å². The molecule has 7 heteroatoms. The van der Waals surface area contributed by atoms with Crippen molar-refractivity contribution in [3.05, 3.63) is 60.4 Å². The molecule has 3 aromatic rings. The molecule has 1 aliphatic rings. The van der Waals surface area contributed by atoms with Gasteiger partial charge in [0.1, 0.15) is 17.7 Å². The first-order chi connectivity index (χ1) is 12.2. The fourth-order valence-corrected chi connectivity index (χ4v) is 2.51. The summed E-state index contributed by atoms with van der Waals surface area (Å²) in [6.45, 7) is 0. The number of benzene rings is 1. The Morgan fingerprint density at radius 3 is 2.76 bits per heavy atom. The lowest BCUT2D eigenvalue weighted by Crippen LogP contribution is -2.04. The highest BCUT2D eigenvalue weighted by atomic mass is 19.1. The van der Waals surface area contributed by atoms with Gasteiger partial charge in [0, 0.05) is 36.2 Å². The Morgan fingerprint density at radius 1 is 1.12 bits per heavy atom. The number of hydrogen-bond acceptors (Lipinski definition) is 5. The van der Waals surface area contributed by atoms with Crippen molar-refractivity contribution < 1.29 is 13.3 Å². The average molecular weight is 338 g/mol. The summed E-state index contributed by atoms with van der Waals surface area (Å²) < 4.78 is 32.3. The highest BCUT2D eigenvalue weighted by Gasteiger charge is 2.17. The Morgan fingerprint density at radius 2 is 2.00 bits per heavy atom. The number of aliphatic imine (C=N–C) groups is 1. The van der Waals surface area contributed by atoms with E-state index in [-0.39, 0.29) is 18.1 Å². The van der Waals surface area contributed by atoms with E-state index in [1.165, 1.54) is 18.3 Å². The van der Waals surface area contributed by atoms with Gasteiger partial charge in [0.05, 0.1) is 0 Å². The van der Waals surface area contributed by atoms with Crippen LogP contribution in [0.4, 0.5) is 8.78 Å². The van der Waals surface area contributed by atoms with E-state index in [0.29, 0.717) is 16.8 Å². The third-order valence-electron chi connectivity index (χ3n) is 3.71. The monoisotopic (exact) mass is 338 g/mol. The second-order valence-electron chi connectivity index (χ2n) is 5.51. The van der Waals surface area contributed by atoms with Crippen molar-refractivity contribution in [1.82, 2.24) is 15.1 Å². The minimum absolute atomic E-state index is 0.165. The molecule has 1 unspecified atom stereocenters. The third kappa shape index (κ3) is 3.21. The quantitative estimate of drug-likeness (QED) is 0.721. The van der Waals surface area contributed by atoms with Crippen molar-refractivity contribution in [2.45, 2.75) is 12.6 Å². The number of alkyl halides is 1. The lowest BCUT2D eigenvalue weighted by atomic mass is 10.0. The standard InChI is InChI=1S/C18H12F2N4O/c19-14-3-4-16(22-10-14)17-23-18(25-24-17)13-6-12(7-15(20)8-13)11-2-1-5-21-9-11/h1-2,4-10,14H,3H2. The summed E-state index contributed by atoms with van der Waals surface area (Å²) in [4.78, 5) is 12.2. The molecule has 0 spiro atoms. The predicted octanol–water partition coefficient (Wildman–Crippen LogP) is 4.09. The number of aromatic nitrogens is 3. The fourth-order valence-electron chi connectivity index (χ4n) is 2.51. The number of halogens is 2. The summed E-state index contributed by atoms with van der Waals surface area (Å²) in [6, 6.07) is 8.07. The van der Waals surface area contributed by atoms with Gasteiger partial charge in [0.2, 0.25) is 5.82 Å². The molecule has 0 amide bonds. The Bertz CT molecular complexity index is 966. The van der Waals surface area contributed by atoms with Crippen LogP contribution in [0.1, 0.15) is 12.2 Å². The summed E-state index contributed by atoms with van der Waals surface area (Å²) in [7, 11) is 0. The normalized spacial score (nSPS) is 16.7. The molecule has 124 valence electrons. The highest BCUT2D eigenvalue weighted by Crippen LogP contribution is 2.28. The third-order valence-corrected chi connectivity index (χ3v) is 3.71. The maximum atomic E-state index is 14.0. The van der Waals surface area contributed by atoms with Gasteiger partial charge in [0.15, 0.2) is 0 Å². The molecule has 0 N–H and O–H groups in total. The summed E-state index contributed by atoms with van der Waals surface area (Å²) in [6.07, 6.45) is 5.22. The predicted molar refractivity (Wildman–Crippen MR) is 88.9 cm³/mol. The molecule has 4 rings (SSSR count). The fraction of sp³-hybridized carbons (Fsp3) is 0.111. The van der Waals surface area contributed by atoms with Gasteiger partial charge in [-0.05, 0) is 29.8 Å². The van der Waals surface area contributed by atoms with Crippen molar-refractivity contribution in [3.63, 3.8) is 0 Å². The van der Waals surface area contributed by atoms with Crippen LogP contribution in [0.3, 0.4) is 0 Å². The van der Waals surface area contributed by atoms with Crippen molar-refractivity contribution in [1.29, 1.82) is 0 Å². The number of nitrogens with zero attached hydrogens (tertiary/aromatic N) is 4. The number of rotatable bonds is 3. The van der Waals surface area contributed by atoms with Crippen LogP contribution in [0.25, 0.3) is 28.3 Å². The van der Waals surface area contributed by atoms with Gasteiger partial charge in [-0.2, -0.15) is 4.98 Å². The largest absolute Gasteiger partial charge is 0.334 e. The number of hydrogen-bond donors (Lipinski definition) is 0. The van der Waals surface area contributed by atoms with Crippen LogP contribution < -0.4 is 0 Å². The molecule has 1 aliphatic heterocycles. The molecule has 25 heavy (non-hydrogen) atoms. The van der Waals surface area contributed by atoms with Gasteiger partial charge >= 0.3 is 0 Å². The van der Waals surface area contributed by atoms with E-state index >= 15 is 0 Å². The van der Waals surface area contributed by atoms with Gasteiger partial charge in [-0.15, -0.1) is 0 Å². The van der Waals surface area contributed by atoms with Crippen LogP contribution in [-0.4, -0.2) is 27.5 Å². The molecule has 5 nitrogen and oxygen atoms in total. The minimum atomic E-state index is -1.10. The molecule has 0 saturated heterocycles. The van der Waals surface area contributed by atoms with Crippen molar-refractivity contribution in [3.8, 4) is 22.6 Å². The first kappa shape index (κ1) is 15.3. The lowest BCUT2D eigenvalue weighted by molar-refractivity contribution is 0.425. The van der Waals surface area contributed by atoms with Gasteiger partial charge in [-0.1, -0.05) is 17.3 Å². The molecular formula is C18H12F2N4O. The minimum Gasteiger partial charge on any atom is -0.334 e. The molecule has 0 bridgehead atoms. The van der Waals surface area contributed by atoms with Crippen LogP contribution >= 0.6 is 0 Å². The molecule has 2 aromatic heterocycles. The molecule has 3 heterocycles. The van der Waals surface area contributed by atoms with Crippen LogP contribution in [0.2, 0.25) is 0 Å². The zero-order valence-corrected chi connectivity index (χ0v) is 12.9. The smallest absolute Gasteiger partial charge is 0.258 e. The molecule has 0 radical (unpaired) electrons. The van der Waals surface area contributed by atoms with E-state index in [4.69, 9.17) is 4.52 Å². The maximum Gasteiger partial charge on any atom is 0.258 e. The Hall–Kier alpha value is -3.22. The van der Waals surface area contributed by atoms with Gasteiger partial charge < -0.3 is 4.52 Å².